The van der Waals surface area contributed by atoms with Crippen molar-refractivity contribution in [1.29, 1.82) is 0 Å². The zero-order valence-corrected chi connectivity index (χ0v) is 15.6. The minimum Gasteiger partial charge on any atom is -0.481 e. The third-order valence-electron chi connectivity index (χ3n) is 4.00. The van der Waals surface area contributed by atoms with Crippen LogP contribution in [-0.2, 0) is 19.1 Å². The van der Waals surface area contributed by atoms with Gasteiger partial charge >= 0.3 is 11.9 Å². The Morgan fingerprint density at radius 2 is 1.67 bits per heavy atom. The van der Waals surface area contributed by atoms with Gasteiger partial charge in [-0.05, 0) is 39.5 Å². The van der Waals surface area contributed by atoms with Crippen LogP contribution in [-0.4, -0.2) is 35.6 Å². The molecule has 140 valence electrons. The zero-order chi connectivity index (χ0) is 18.7. The lowest BCUT2D eigenvalue weighted by molar-refractivity contribution is -0.149. The molecule has 0 aromatic heterocycles. The molecule has 0 aliphatic rings. The van der Waals surface area contributed by atoms with Crippen molar-refractivity contribution in [2.75, 3.05) is 6.61 Å². The molecule has 6 heteroatoms. The predicted octanol–water partition coefficient (Wildman–Crippen LogP) is 3.00. The number of hydrogen-bond donors (Lipinski definition) is 2. The molecule has 0 saturated heterocycles. The van der Waals surface area contributed by atoms with Gasteiger partial charge in [0.2, 0.25) is 5.91 Å². The number of carbonyl (C=O) groups excluding carboxylic acids is 2. The quantitative estimate of drug-likeness (QED) is 0.420. The van der Waals surface area contributed by atoms with Crippen molar-refractivity contribution in [3.05, 3.63) is 0 Å². The Kier molecular flexibility index (Phi) is 11.1. The Morgan fingerprint density at radius 1 is 1.04 bits per heavy atom. The van der Waals surface area contributed by atoms with Crippen molar-refractivity contribution in [2.24, 2.45) is 17.8 Å². The van der Waals surface area contributed by atoms with E-state index in [1.54, 1.807) is 13.8 Å². The minimum atomic E-state index is -0.905. The summed E-state index contributed by atoms with van der Waals surface area (Å²) in [6.45, 7) is 9.62. The van der Waals surface area contributed by atoms with E-state index in [-0.39, 0.29) is 24.3 Å². The average Bonchev–Trinajstić information content (AvgIpc) is 2.49. The standard InChI is InChI=1S/C18H33NO5/c1-6-8-9-24-18(23)13(5)10-15(16(20)19-12(3)4)11-14(7-2)17(21)22/h12-15H,6-11H2,1-5H3,(H,19,20)(H,21,22). The van der Waals surface area contributed by atoms with E-state index in [9.17, 15) is 19.5 Å². The van der Waals surface area contributed by atoms with Gasteiger partial charge in [-0.25, -0.2) is 0 Å². The van der Waals surface area contributed by atoms with E-state index in [4.69, 9.17) is 4.74 Å². The fourth-order valence-corrected chi connectivity index (χ4v) is 2.48. The van der Waals surface area contributed by atoms with E-state index >= 15 is 0 Å². The smallest absolute Gasteiger partial charge is 0.308 e. The van der Waals surface area contributed by atoms with Crippen LogP contribution >= 0.6 is 0 Å². The lowest BCUT2D eigenvalue weighted by Gasteiger charge is -2.23. The van der Waals surface area contributed by atoms with Crippen molar-refractivity contribution in [1.82, 2.24) is 5.32 Å². The average molecular weight is 343 g/mol. The van der Waals surface area contributed by atoms with E-state index in [1.165, 1.54) is 0 Å². The van der Waals surface area contributed by atoms with Gasteiger partial charge in [-0.3, -0.25) is 14.4 Å². The fraction of sp³-hybridized carbons (Fsp3) is 0.833. The number of carboxylic acids is 1. The van der Waals surface area contributed by atoms with Gasteiger partial charge in [0.25, 0.3) is 0 Å². The SMILES string of the molecule is CCCCOC(=O)C(C)CC(CC(CC)C(=O)O)C(=O)NC(C)C. The van der Waals surface area contributed by atoms with Crippen molar-refractivity contribution in [3.63, 3.8) is 0 Å². The second kappa shape index (κ2) is 11.9. The first kappa shape index (κ1) is 22.4. The summed E-state index contributed by atoms with van der Waals surface area (Å²) >= 11 is 0. The Bertz CT molecular complexity index is 408. The lowest BCUT2D eigenvalue weighted by atomic mass is 9.85. The van der Waals surface area contributed by atoms with Crippen molar-refractivity contribution < 1.29 is 24.2 Å². The normalized spacial score (nSPS) is 14.8. The zero-order valence-electron chi connectivity index (χ0n) is 15.6. The van der Waals surface area contributed by atoms with E-state index in [0.717, 1.165) is 12.8 Å². The number of esters is 1. The molecule has 3 unspecified atom stereocenters. The van der Waals surface area contributed by atoms with Gasteiger partial charge in [0.15, 0.2) is 0 Å². The summed E-state index contributed by atoms with van der Waals surface area (Å²) in [6, 6.07) is -0.0308. The predicted molar refractivity (Wildman–Crippen MR) is 92.5 cm³/mol. The molecule has 0 spiro atoms. The van der Waals surface area contributed by atoms with Gasteiger partial charge in [-0.15, -0.1) is 0 Å². The summed E-state index contributed by atoms with van der Waals surface area (Å²) in [5.41, 5.74) is 0. The monoisotopic (exact) mass is 343 g/mol. The molecule has 6 nitrogen and oxygen atoms in total. The highest BCUT2D eigenvalue weighted by molar-refractivity contribution is 5.81. The maximum atomic E-state index is 12.4. The molecule has 0 rings (SSSR count). The molecule has 2 N–H and O–H groups in total. The van der Waals surface area contributed by atoms with Crippen LogP contribution in [0.5, 0.6) is 0 Å². The van der Waals surface area contributed by atoms with Gasteiger partial charge in [0.05, 0.1) is 18.4 Å². The molecule has 0 aliphatic carbocycles. The van der Waals surface area contributed by atoms with Crippen LogP contribution in [0.4, 0.5) is 0 Å². The first-order valence-electron chi connectivity index (χ1n) is 8.92. The number of nitrogens with one attached hydrogen (secondary N) is 1. The van der Waals surface area contributed by atoms with Crippen LogP contribution in [0, 0.1) is 17.8 Å². The molecule has 0 saturated carbocycles. The van der Waals surface area contributed by atoms with Gasteiger partial charge in [0, 0.05) is 12.0 Å². The second-order valence-electron chi connectivity index (χ2n) is 6.70. The van der Waals surface area contributed by atoms with Crippen LogP contribution in [0.2, 0.25) is 0 Å². The third-order valence-corrected chi connectivity index (χ3v) is 4.00. The maximum Gasteiger partial charge on any atom is 0.308 e. The van der Waals surface area contributed by atoms with Gasteiger partial charge in [0.1, 0.15) is 0 Å². The first-order chi connectivity index (χ1) is 11.2. The number of amides is 1. The topological polar surface area (TPSA) is 92.7 Å². The van der Waals surface area contributed by atoms with E-state index in [2.05, 4.69) is 5.32 Å². The number of carbonyl (C=O) groups is 3. The molecule has 0 aromatic carbocycles. The first-order valence-corrected chi connectivity index (χ1v) is 8.92. The van der Waals surface area contributed by atoms with Crippen LogP contribution in [0.1, 0.15) is 66.7 Å². The van der Waals surface area contributed by atoms with Gasteiger partial charge in [-0.2, -0.15) is 0 Å². The number of carboxylic acid groups (broad SMARTS) is 1. The van der Waals surface area contributed by atoms with Gasteiger partial charge < -0.3 is 15.2 Å². The number of unbranched alkanes of at least 4 members (excludes halogenated alkanes) is 1. The molecule has 0 bridgehead atoms. The summed E-state index contributed by atoms with van der Waals surface area (Å²) in [6.07, 6.45) is 2.74. The van der Waals surface area contributed by atoms with Crippen molar-refractivity contribution >= 4 is 17.8 Å². The summed E-state index contributed by atoms with van der Waals surface area (Å²) < 4.78 is 5.20. The molecule has 24 heavy (non-hydrogen) atoms. The van der Waals surface area contributed by atoms with Crippen LogP contribution in [0.25, 0.3) is 0 Å². The van der Waals surface area contributed by atoms with E-state index in [0.29, 0.717) is 19.4 Å². The maximum absolute atomic E-state index is 12.4. The minimum absolute atomic E-state index is 0.0308. The number of rotatable bonds is 12. The van der Waals surface area contributed by atoms with E-state index in [1.807, 2.05) is 20.8 Å². The second-order valence-corrected chi connectivity index (χ2v) is 6.70. The highest BCUT2D eigenvalue weighted by atomic mass is 16.5. The summed E-state index contributed by atoms with van der Waals surface area (Å²) in [5.74, 6) is -2.96. The molecule has 0 radical (unpaired) electrons. The molecular weight excluding hydrogens is 310 g/mol. The van der Waals surface area contributed by atoms with E-state index < -0.39 is 23.7 Å². The van der Waals surface area contributed by atoms with Crippen LogP contribution in [0.15, 0.2) is 0 Å². The molecule has 0 heterocycles. The molecule has 1 amide bonds. The summed E-state index contributed by atoms with van der Waals surface area (Å²) in [7, 11) is 0. The Labute approximate surface area is 145 Å². The van der Waals surface area contributed by atoms with Crippen LogP contribution < -0.4 is 5.32 Å². The molecule has 0 fully saturated rings. The highest BCUT2D eigenvalue weighted by Crippen LogP contribution is 2.24. The summed E-state index contributed by atoms with van der Waals surface area (Å²) in [5, 5.41) is 12.1. The summed E-state index contributed by atoms with van der Waals surface area (Å²) in [4.78, 5) is 35.7. The van der Waals surface area contributed by atoms with Crippen LogP contribution in [0.3, 0.4) is 0 Å². The Balaban J connectivity index is 4.88. The highest BCUT2D eigenvalue weighted by Gasteiger charge is 2.30. The molecule has 0 aliphatic heterocycles. The van der Waals surface area contributed by atoms with Crippen molar-refractivity contribution in [2.45, 2.75) is 72.8 Å². The molecule has 0 aromatic rings. The number of aliphatic carboxylic acids is 1. The largest absolute Gasteiger partial charge is 0.481 e. The Hall–Kier alpha value is -1.59. The lowest BCUT2D eigenvalue weighted by Crippen LogP contribution is -2.38. The third kappa shape index (κ3) is 8.89. The number of ether oxygens (including phenoxy) is 1. The fourth-order valence-electron chi connectivity index (χ4n) is 2.48. The van der Waals surface area contributed by atoms with Crippen molar-refractivity contribution in [3.8, 4) is 0 Å². The number of hydrogen-bond acceptors (Lipinski definition) is 4. The Morgan fingerprint density at radius 3 is 2.12 bits per heavy atom. The molecule has 3 atom stereocenters. The van der Waals surface area contributed by atoms with Gasteiger partial charge in [-0.1, -0.05) is 27.2 Å². The molecular formula is C18H33NO5.